The molecular weight excluding hydrogens is 1900 g/mol. The fourth-order valence-corrected chi connectivity index (χ4v) is 5.79. The van der Waals surface area contributed by atoms with Gasteiger partial charge in [-0.3, -0.25) is 60.3 Å². The van der Waals surface area contributed by atoms with E-state index in [2.05, 4.69) is 101 Å². The normalized spacial score (nSPS) is 8.53. The van der Waals surface area contributed by atoms with Crippen LogP contribution in [0.4, 0.5) is 0 Å². The Kier molecular flexibility index (Phi) is 62.3. The molecule has 0 spiro atoms. The maximum atomic E-state index is 8.25. The Balaban J connectivity index is -0.000000255. The number of aromatic nitrogens is 20. The maximum Gasteiger partial charge on any atom is 3.00 e. The molecule has 0 amide bonds. The summed E-state index contributed by atoms with van der Waals surface area (Å²) >= 11 is 0. The zero-order chi connectivity index (χ0) is 65.7. The summed E-state index contributed by atoms with van der Waals surface area (Å²) in [6.07, 6.45) is 13.6. The molecule has 0 bridgehead atoms. The third-order valence-corrected chi connectivity index (χ3v) is 8.96. The second kappa shape index (κ2) is 60.8. The molecule has 42 nitrogen and oxygen atoms in total. The summed E-state index contributed by atoms with van der Waals surface area (Å²) in [6, 6.07) is 44.6. The first-order chi connectivity index (χ1) is 43.5. The van der Waals surface area contributed by atoms with E-state index in [1.165, 1.54) is 0 Å². The number of hydrogen-bond acceptors (Lipinski definition) is 34. The quantitative estimate of drug-likeness (QED) is 0.155. The minimum absolute atomic E-state index is 0. The smallest absolute Gasteiger partial charge is 0.870 e. The molecule has 0 atom stereocenters. The Morgan fingerprint density at radius 1 is 0.286 bits per heavy atom. The van der Waals surface area contributed by atoms with Gasteiger partial charge in [0.05, 0.1) is 89.2 Å². The number of aliphatic hydroxyl groups excluding tert-OH is 2. The van der Waals surface area contributed by atoms with Gasteiger partial charge in [0.15, 0.2) is 0 Å². The van der Waals surface area contributed by atoms with Crippen molar-refractivity contribution in [3.63, 3.8) is 0 Å². The van der Waals surface area contributed by atoms with E-state index < -0.39 is 20.3 Å². The van der Waals surface area contributed by atoms with Crippen molar-refractivity contribution in [2.24, 2.45) is 0 Å². The van der Waals surface area contributed by atoms with E-state index in [1.54, 1.807) is 63.4 Å². The second-order valence-corrected chi connectivity index (χ2v) is 15.1. The number of hydrogen-bond donors (Lipinski definition) is 2. The van der Waals surface area contributed by atoms with Gasteiger partial charge in [-0.1, -0.05) is 48.5 Å². The van der Waals surface area contributed by atoms with Crippen LogP contribution in [0.3, 0.4) is 0 Å². The van der Waals surface area contributed by atoms with Gasteiger partial charge in [-0.25, -0.2) is 0 Å². The average Bonchev–Trinajstić information content (AvgIpc) is 1.76. The Bertz CT molecular complexity index is 3150. The van der Waals surface area contributed by atoms with Gasteiger partial charge in [0.25, 0.3) is 0 Å². The van der Waals surface area contributed by atoms with E-state index >= 15 is 0 Å². The molecule has 0 saturated heterocycles. The Labute approximate surface area is 673 Å². The Morgan fingerprint density at radius 3 is 0.520 bits per heavy atom. The molecule has 0 unspecified atom stereocenters. The van der Waals surface area contributed by atoms with Crippen LogP contribution in [-0.2, 0) is 0 Å². The van der Waals surface area contributed by atoms with Crippen molar-refractivity contribution in [3.8, 4) is 92.1 Å². The minimum atomic E-state index is -1.75. The van der Waals surface area contributed by atoms with Crippen molar-refractivity contribution >= 4 is 0 Å². The maximum absolute atomic E-state index is 8.25. The van der Waals surface area contributed by atoms with Crippen LogP contribution in [0.15, 0.2) is 195 Å². The van der Waals surface area contributed by atoms with E-state index in [1.807, 2.05) is 146 Å². The topological polar surface area (TPSA) is 688 Å². The van der Waals surface area contributed by atoms with Gasteiger partial charge in [0, 0.05) is 62.8 Å². The summed E-state index contributed by atoms with van der Waals surface area (Å²) in [5.41, 5.74) is 5.68. The molecule has 12 heterocycles. The van der Waals surface area contributed by atoms with Crippen LogP contribution in [0.1, 0.15) is 13.8 Å². The molecule has 12 aromatic heterocycles. The molecule has 4 radical (unpaired) electrons. The first-order valence-corrected chi connectivity index (χ1v) is 24.8. The van der Waals surface area contributed by atoms with Gasteiger partial charge >= 0.3 is 153 Å². The predicted octanol–water partition coefficient (Wildman–Crippen LogP) is 4.56. The molecule has 46 heteroatoms. The van der Waals surface area contributed by atoms with E-state index in [9.17, 15) is 0 Å². The van der Waals surface area contributed by atoms with Crippen molar-refractivity contribution in [2.45, 2.75) is 13.8 Å². The van der Waals surface area contributed by atoms with E-state index in [0.29, 0.717) is 92.1 Å². The van der Waals surface area contributed by atoms with Gasteiger partial charge < -0.3 is 134 Å². The standard InChI is InChI=1S/4C12H8N5.2C2H6O.4Dy.4NO3.4H2O/c4*1-3-7-13-9(5-1)11-15-12(17-16-11)10-6-2-4-8-14-10;2*1-2-3;;;;;4*2-1(3)4;;;;/h4*1-8H;2*3H,2H2,1H3;;;;;;;;;4*1H2/q4*-1;;;4*+3;4*-1;;;;/p-4. The Hall–Kier alpha value is -8.59. The van der Waals surface area contributed by atoms with Crippen molar-refractivity contribution < 1.29 is 205 Å². The molecule has 0 aliphatic rings. The summed E-state index contributed by atoms with van der Waals surface area (Å²) in [4.78, 5) is 83.6. The van der Waals surface area contributed by atoms with Gasteiger partial charge in [-0.05, 0) is 134 Å². The van der Waals surface area contributed by atoms with Crippen LogP contribution in [0, 0.1) is 214 Å². The largest absolute Gasteiger partial charge is 3.00 e. The number of pyridine rings is 8. The number of aliphatic hydroxyl groups is 2. The molecule has 12 rings (SSSR count). The fraction of sp³-hybridized carbons (Fsp3) is 0.0769. The first-order valence-electron chi connectivity index (χ1n) is 24.8. The van der Waals surface area contributed by atoms with E-state index in [4.69, 9.17) is 71.5 Å². The van der Waals surface area contributed by atoms with Crippen LogP contribution >= 0.6 is 0 Å². The monoisotopic (exact) mass is 1950 g/mol. The number of nitrogens with zero attached hydrogens (tertiary/aromatic N) is 24. The Morgan fingerprint density at radius 2 is 0.408 bits per heavy atom. The van der Waals surface area contributed by atoms with Crippen molar-refractivity contribution in [1.82, 2.24) is 101 Å². The summed E-state index contributed by atoms with van der Waals surface area (Å²) in [5.74, 6) is 4.16. The third kappa shape index (κ3) is 42.9. The molecule has 0 fully saturated rings. The van der Waals surface area contributed by atoms with Crippen molar-refractivity contribution in [3.05, 3.63) is 256 Å². The van der Waals surface area contributed by atoms with Gasteiger partial charge in [-0.15, -0.1) is 0 Å². The molecular formula is C52H48Dy4N24O18. The molecule has 0 aromatic carbocycles. The van der Waals surface area contributed by atoms with Crippen molar-refractivity contribution in [1.29, 1.82) is 0 Å². The minimum Gasteiger partial charge on any atom is -0.870 e. The van der Waals surface area contributed by atoms with Crippen LogP contribution in [-0.4, -0.2) is 146 Å². The molecule has 98 heavy (non-hydrogen) atoms. The van der Waals surface area contributed by atoms with Gasteiger partial charge in [-0.2, -0.15) is 0 Å². The van der Waals surface area contributed by atoms with Crippen molar-refractivity contribution in [2.75, 3.05) is 13.2 Å². The molecule has 12 aromatic rings. The SMILES string of the molecule is CCO.CCO.O=[N+]([O-])[O-].O=[N+]([O-])[O-].O=[N+]([O-])[O-].O=[N+]([O-])[O-].[Dy+3].[Dy+3].[Dy+3].[Dy+3].[OH-].[OH-].[OH-].[OH-].c1ccc(-c2n[n-]c(-c3ccccn3)n2)nc1.c1ccc(-c2n[n-]c(-c3ccccn3)n2)nc1.c1ccc(-c2n[n-]c(-c3ccccn3)n2)nc1.c1ccc(-c2n[n-]c(-c3ccccn3)n2)nc1. The number of rotatable bonds is 8. The predicted molar refractivity (Wildman–Crippen MR) is 322 cm³/mol. The zero-order valence-corrected chi connectivity index (χ0v) is 57.6. The summed E-state index contributed by atoms with van der Waals surface area (Å²) < 4.78 is 0. The van der Waals surface area contributed by atoms with Gasteiger partial charge in [0.1, 0.15) is 0 Å². The van der Waals surface area contributed by atoms with Gasteiger partial charge in [0.2, 0.25) is 0 Å². The average molecular weight is 1950 g/mol. The first kappa shape index (κ1) is 100. The van der Waals surface area contributed by atoms with E-state index in [0.717, 1.165) is 0 Å². The second-order valence-electron chi connectivity index (χ2n) is 15.1. The molecule has 524 valence electrons. The van der Waals surface area contributed by atoms with Crippen LogP contribution < -0.4 is 20.4 Å². The zero-order valence-electron chi connectivity index (χ0n) is 49.5. The third-order valence-electron chi connectivity index (χ3n) is 8.96. The van der Waals surface area contributed by atoms with E-state index in [-0.39, 0.29) is 188 Å². The molecule has 0 aliphatic carbocycles. The summed E-state index contributed by atoms with van der Waals surface area (Å²) in [7, 11) is 0. The fourth-order valence-electron chi connectivity index (χ4n) is 5.79. The van der Waals surface area contributed by atoms with Crippen LogP contribution in [0.25, 0.3) is 92.1 Å². The van der Waals surface area contributed by atoms with Crippen LogP contribution in [0.2, 0.25) is 0 Å². The molecule has 0 aliphatic heterocycles. The molecule has 0 saturated carbocycles. The summed E-state index contributed by atoms with van der Waals surface area (Å²) in [6.45, 7) is 3.86. The summed E-state index contributed by atoms with van der Waals surface area (Å²) in [5, 5.41) is 106. The molecule has 6 N–H and O–H groups in total. The van der Waals surface area contributed by atoms with Crippen LogP contribution in [0.5, 0.6) is 0 Å².